The van der Waals surface area contributed by atoms with E-state index in [-0.39, 0.29) is 35.8 Å². The Morgan fingerprint density at radius 3 is 2.47 bits per heavy atom. The van der Waals surface area contributed by atoms with Crippen molar-refractivity contribution in [1.82, 2.24) is 16.0 Å². The van der Waals surface area contributed by atoms with E-state index >= 15 is 0 Å². The minimum absolute atomic E-state index is 0. The normalized spacial score (nSPS) is 18.4. The number of alkyl halides is 3. The maximum absolute atomic E-state index is 13.3. The number of aliphatic imine (C=N–C) groups is 1. The third kappa shape index (κ3) is 7.50. The summed E-state index contributed by atoms with van der Waals surface area (Å²) in [7, 11) is 0. The molecule has 10 heteroatoms. The summed E-state index contributed by atoms with van der Waals surface area (Å²) in [4.78, 5) is 16.4. The summed E-state index contributed by atoms with van der Waals surface area (Å²) in [6.07, 6.45) is -1.24. The second-order valence-electron chi connectivity index (χ2n) is 8.16. The summed E-state index contributed by atoms with van der Waals surface area (Å²) < 4.78 is 45.2. The Kier molecular flexibility index (Phi) is 10.1. The van der Waals surface area contributed by atoms with Gasteiger partial charge >= 0.3 is 6.18 Å². The molecule has 0 radical (unpaired) electrons. The quantitative estimate of drug-likeness (QED) is 0.195. The van der Waals surface area contributed by atoms with Gasteiger partial charge in [0.15, 0.2) is 5.96 Å². The summed E-state index contributed by atoms with van der Waals surface area (Å²) >= 11 is 0. The second kappa shape index (κ2) is 12.1. The summed E-state index contributed by atoms with van der Waals surface area (Å²) in [5, 5.41) is 9.25. The third-order valence-corrected chi connectivity index (χ3v) is 5.80. The van der Waals surface area contributed by atoms with E-state index in [1.165, 1.54) is 12.1 Å². The van der Waals surface area contributed by atoms with Crippen LogP contribution >= 0.6 is 24.0 Å². The SMILES string of the molecule is CCNC(=NCC1(c2cccc(C(F)(F)F)c2)CCOCC1)NCCNC(=O)C1CC1.I. The van der Waals surface area contributed by atoms with Crippen LogP contribution < -0.4 is 16.0 Å². The summed E-state index contributed by atoms with van der Waals surface area (Å²) in [6, 6.07) is 5.56. The van der Waals surface area contributed by atoms with Gasteiger partial charge < -0.3 is 20.7 Å². The molecule has 1 amide bonds. The molecule has 0 aromatic heterocycles. The van der Waals surface area contributed by atoms with Gasteiger partial charge in [-0.15, -0.1) is 24.0 Å². The fourth-order valence-electron chi connectivity index (χ4n) is 3.75. The van der Waals surface area contributed by atoms with Crippen molar-refractivity contribution in [2.75, 3.05) is 39.4 Å². The summed E-state index contributed by atoms with van der Waals surface area (Å²) in [6.45, 7) is 4.94. The van der Waals surface area contributed by atoms with Crippen LogP contribution in [-0.2, 0) is 21.1 Å². The van der Waals surface area contributed by atoms with Gasteiger partial charge in [0.1, 0.15) is 0 Å². The van der Waals surface area contributed by atoms with Gasteiger partial charge in [-0.3, -0.25) is 9.79 Å². The molecule has 180 valence electrons. The number of hydrogen-bond donors (Lipinski definition) is 3. The number of halogens is 4. The van der Waals surface area contributed by atoms with Gasteiger partial charge in [0.25, 0.3) is 0 Å². The minimum atomic E-state index is -4.38. The van der Waals surface area contributed by atoms with Crippen LogP contribution in [0.4, 0.5) is 13.2 Å². The van der Waals surface area contributed by atoms with E-state index in [1.807, 2.05) is 6.92 Å². The maximum Gasteiger partial charge on any atom is 0.416 e. The lowest BCUT2D eigenvalue weighted by Gasteiger charge is -2.37. The van der Waals surface area contributed by atoms with Crippen LogP contribution in [0.25, 0.3) is 0 Å². The molecule has 0 atom stereocenters. The van der Waals surface area contributed by atoms with Gasteiger partial charge in [0, 0.05) is 44.2 Å². The molecule has 3 rings (SSSR count). The van der Waals surface area contributed by atoms with Crippen molar-refractivity contribution in [3.63, 3.8) is 0 Å². The first-order chi connectivity index (χ1) is 14.8. The smallest absolute Gasteiger partial charge is 0.381 e. The number of rotatable bonds is 8. The Hall–Kier alpha value is -1.56. The van der Waals surface area contributed by atoms with Crippen LogP contribution in [0.3, 0.4) is 0 Å². The van der Waals surface area contributed by atoms with Crippen LogP contribution in [0, 0.1) is 5.92 Å². The topological polar surface area (TPSA) is 74.8 Å². The standard InChI is InChI=1S/C22H31F3N4O2.HI/c1-2-26-20(28-11-10-27-19(30)16-6-7-16)29-15-21(8-12-31-13-9-21)17-4-3-5-18(14-17)22(23,24)25;/h3-5,14,16H,2,6-13,15H2,1H3,(H,27,30)(H2,26,28,29);1H. The molecule has 1 aromatic carbocycles. The van der Waals surface area contributed by atoms with E-state index in [1.54, 1.807) is 6.07 Å². The van der Waals surface area contributed by atoms with Crippen molar-refractivity contribution < 1.29 is 22.7 Å². The molecule has 1 aromatic rings. The Morgan fingerprint density at radius 2 is 1.84 bits per heavy atom. The maximum atomic E-state index is 13.3. The lowest BCUT2D eigenvalue weighted by molar-refractivity contribution is -0.137. The van der Waals surface area contributed by atoms with Crippen molar-refractivity contribution in [2.45, 2.75) is 44.2 Å². The lowest BCUT2D eigenvalue weighted by atomic mass is 9.74. The Morgan fingerprint density at radius 1 is 1.16 bits per heavy atom. The molecule has 3 N–H and O–H groups in total. The Bertz CT molecular complexity index is 779. The fraction of sp³-hybridized carbons (Fsp3) is 0.636. The van der Waals surface area contributed by atoms with Crippen LogP contribution in [0.1, 0.15) is 43.7 Å². The van der Waals surface area contributed by atoms with Gasteiger partial charge in [0.2, 0.25) is 5.91 Å². The molecule has 0 spiro atoms. The highest BCUT2D eigenvalue weighted by Crippen LogP contribution is 2.38. The van der Waals surface area contributed by atoms with Crippen molar-refractivity contribution >= 4 is 35.8 Å². The van der Waals surface area contributed by atoms with Gasteiger partial charge in [-0.25, -0.2) is 0 Å². The molecule has 2 aliphatic rings. The average molecular weight is 568 g/mol. The molecule has 1 saturated heterocycles. The summed E-state index contributed by atoms with van der Waals surface area (Å²) in [5.74, 6) is 0.846. The van der Waals surface area contributed by atoms with E-state index in [0.29, 0.717) is 63.8 Å². The lowest BCUT2D eigenvalue weighted by Crippen LogP contribution is -2.43. The van der Waals surface area contributed by atoms with E-state index in [2.05, 4.69) is 20.9 Å². The van der Waals surface area contributed by atoms with Crippen LogP contribution in [0.15, 0.2) is 29.3 Å². The van der Waals surface area contributed by atoms with E-state index in [4.69, 9.17) is 4.74 Å². The number of ether oxygens (including phenoxy) is 1. The molecular formula is C22H32F3IN4O2. The number of carbonyl (C=O) groups is 1. The molecule has 1 saturated carbocycles. The highest BCUT2D eigenvalue weighted by molar-refractivity contribution is 14.0. The number of guanidine groups is 1. The number of amides is 1. The second-order valence-corrected chi connectivity index (χ2v) is 8.16. The zero-order valence-electron chi connectivity index (χ0n) is 18.3. The average Bonchev–Trinajstić information content (AvgIpc) is 3.60. The highest BCUT2D eigenvalue weighted by atomic mass is 127. The number of hydrogen-bond acceptors (Lipinski definition) is 3. The van der Waals surface area contributed by atoms with Gasteiger partial charge in [-0.05, 0) is 44.2 Å². The molecule has 1 aliphatic carbocycles. The number of carbonyl (C=O) groups excluding carboxylic acids is 1. The van der Waals surface area contributed by atoms with Gasteiger partial charge in [-0.2, -0.15) is 13.2 Å². The van der Waals surface area contributed by atoms with Crippen molar-refractivity contribution in [3.05, 3.63) is 35.4 Å². The minimum Gasteiger partial charge on any atom is -0.381 e. The Balaban J connectivity index is 0.00000363. The van der Waals surface area contributed by atoms with E-state index in [9.17, 15) is 18.0 Å². The Labute approximate surface area is 204 Å². The molecule has 0 unspecified atom stereocenters. The van der Waals surface area contributed by atoms with Crippen LogP contribution in [-0.4, -0.2) is 51.3 Å². The van der Waals surface area contributed by atoms with E-state index in [0.717, 1.165) is 18.9 Å². The highest BCUT2D eigenvalue weighted by Gasteiger charge is 2.37. The van der Waals surface area contributed by atoms with Crippen LogP contribution in [0.2, 0.25) is 0 Å². The molecule has 1 aliphatic heterocycles. The van der Waals surface area contributed by atoms with E-state index < -0.39 is 17.2 Å². The fourth-order valence-corrected chi connectivity index (χ4v) is 3.75. The summed E-state index contributed by atoms with van der Waals surface area (Å²) in [5.41, 5.74) is -0.514. The third-order valence-electron chi connectivity index (χ3n) is 5.80. The molecular weight excluding hydrogens is 536 g/mol. The van der Waals surface area contributed by atoms with Crippen molar-refractivity contribution in [3.8, 4) is 0 Å². The van der Waals surface area contributed by atoms with Crippen molar-refractivity contribution in [2.24, 2.45) is 10.9 Å². The number of nitrogens with zero attached hydrogens (tertiary/aromatic N) is 1. The first-order valence-electron chi connectivity index (χ1n) is 10.9. The number of nitrogens with one attached hydrogen (secondary N) is 3. The predicted molar refractivity (Wildman–Crippen MR) is 128 cm³/mol. The monoisotopic (exact) mass is 568 g/mol. The first kappa shape index (κ1) is 26.7. The molecule has 2 fully saturated rings. The zero-order chi connectivity index (χ0) is 22.3. The van der Waals surface area contributed by atoms with Crippen molar-refractivity contribution in [1.29, 1.82) is 0 Å². The molecule has 0 bridgehead atoms. The first-order valence-corrected chi connectivity index (χ1v) is 10.9. The van der Waals surface area contributed by atoms with Gasteiger partial charge in [-0.1, -0.05) is 18.2 Å². The number of benzene rings is 1. The molecule has 32 heavy (non-hydrogen) atoms. The zero-order valence-corrected chi connectivity index (χ0v) is 20.6. The molecule has 6 nitrogen and oxygen atoms in total. The van der Waals surface area contributed by atoms with Gasteiger partial charge in [0.05, 0.1) is 12.1 Å². The molecule has 1 heterocycles. The largest absolute Gasteiger partial charge is 0.416 e. The predicted octanol–water partition coefficient (Wildman–Crippen LogP) is 3.45. The van der Waals surface area contributed by atoms with Crippen LogP contribution in [0.5, 0.6) is 0 Å².